The Hall–Kier alpha value is -1.36. The van der Waals surface area contributed by atoms with Crippen molar-refractivity contribution in [3.8, 4) is 0 Å². The van der Waals surface area contributed by atoms with Crippen LogP contribution in [-0.2, 0) is 4.74 Å². The van der Waals surface area contributed by atoms with Crippen molar-refractivity contribution in [2.24, 2.45) is 0 Å². The molecule has 0 fully saturated rings. The Bertz CT molecular complexity index is 306. The van der Waals surface area contributed by atoms with E-state index in [0.29, 0.717) is 0 Å². The molecule has 1 heterocycles. The van der Waals surface area contributed by atoms with Crippen molar-refractivity contribution in [3.05, 3.63) is 12.4 Å². The molecule has 0 unspecified atom stereocenters. The van der Waals surface area contributed by atoms with E-state index in [9.17, 15) is 0 Å². The summed E-state index contributed by atoms with van der Waals surface area (Å²) in [6, 6.07) is 0. The van der Waals surface area contributed by atoms with Gasteiger partial charge in [0.25, 0.3) is 0 Å². The fourth-order valence-corrected chi connectivity index (χ4v) is 1.32. The summed E-state index contributed by atoms with van der Waals surface area (Å²) in [7, 11) is 0. The smallest absolute Gasteiger partial charge is 0.146 e. The molecule has 0 aliphatic rings. The molecule has 0 aliphatic heterocycles. The van der Waals surface area contributed by atoms with E-state index in [2.05, 4.69) is 27.5 Å². The van der Waals surface area contributed by atoms with Gasteiger partial charge in [0.15, 0.2) is 0 Å². The summed E-state index contributed by atoms with van der Waals surface area (Å²) in [6.45, 7) is 7.45. The van der Waals surface area contributed by atoms with E-state index in [1.807, 2.05) is 6.92 Å². The predicted octanol–water partition coefficient (Wildman–Crippen LogP) is 2.14. The standard InChI is InChI=1S/C12H22N4O/c1-3-6-14-11-9-13-10-12(16-11)15-7-5-8-17-4-2/h9-10H,3-8H2,1-2H3,(H2,14,15,16). The van der Waals surface area contributed by atoms with E-state index in [1.165, 1.54) is 0 Å². The highest BCUT2D eigenvalue weighted by Crippen LogP contribution is 2.06. The minimum Gasteiger partial charge on any atom is -0.382 e. The molecule has 0 amide bonds. The summed E-state index contributed by atoms with van der Waals surface area (Å²) in [6.07, 6.45) is 5.52. The summed E-state index contributed by atoms with van der Waals surface area (Å²) in [5.74, 6) is 1.63. The summed E-state index contributed by atoms with van der Waals surface area (Å²) in [4.78, 5) is 8.54. The van der Waals surface area contributed by atoms with Crippen LogP contribution in [-0.4, -0.2) is 36.3 Å². The predicted molar refractivity (Wildman–Crippen MR) is 70.4 cm³/mol. The van der Waals surface area contributed by atoms with Gasteiger partial charge in [-0.2, -0.15) is 0 Å². The van der Waals surface area contributed by atoms with Gasteiger partial charge in [0.1, 0.15) is 11.6 Å². The molecule has 0 aliphatic carbocycles. The number of nitrogens with one attached hydrogen (secondary N) is 2. The lowest BCUT2D eigenvalue weighted by molar-refractivity contribution is 0.147. The third-order valence-electron chi connectivity index (χ3n) is 2.17. The van der Waals surface area contributed by atoms with Gasteiger partial charge < -0.3 is 15.4 Å². The molecule has 0 aromatic carbocycles. The minimum absolute atomic E-state index is 0.774. The fourth-order valence-electron chi connectivity index (χ4n) is 1.32. The third-order valence-corrected chi connectivity index (χ3v) is 2.17. The van der Waals surface area contributed by atoms with E-state index < -0.39 is 0 Å². The van der Waals surface area contributed by atoms with Crippen molar-refractivity contribution >= 4 is 11.6 Å². The van der Waals surface area contributed by atoms with Crippen molar-refractivity contribution < 1.29 is 4.74 Å². The van der Waals surface area contributed by atoms with Gasteiger partial charge in [0.05, 0.1) is 12.4 Å². The Morgan fingerprint density at radius 2 is 1.82 bits per heavy atom. The number of hydrogen-bond acceptors (Lipinski definition) is 5. The van der Waals surface area contributed by atoms with Crippen molar-refractivity contribution in [1.29, 1.82) is 0 Å². The van der Waals surface area contributed by atoms with E-state index in [1.54, 1.807) is 12.4 Å². The van der Waals surface area contributed by atoms with Gasteiger partial charge in [-0.25, -0.2) is 4.98 Å². The number of aromatic nitrogens is 2. The zero-order valence-electron chi connectivity index (χ0n) is 10.7. The molecule has 0 atom stereocenters. The van der Waals surface area contributed by atoms with E-state index in [4.69, 9.17) is 4.74 Å². The van der Waals surface area contributed by atoms with Gasteiger partial charge in [0.2, 0.25) is 0 Å². The van der Waals surface area contributed by atoms with Gasteiger partial charge in [-0.05, 0) is 19.8 Å². The molecule has 0 bridgehead atoms. The lowest BCUT2D eigenvalue weighted by atomic mass is 10.4. The molecule has 96 valence electrons. The molecule has 5 nitrogen and oxygen atoms in total. The van der Waals surface area contributed by atoms with Crippen LogP contribution in [0.25, 0.3) is 0 Å². The second kappa shape index (κ2) is 8.75. The third kappa shape index (κ3) is 6.06. The number of rotatable bonds is 9. The van der Waals surface area contributed by atoms with Crippen LogP contribution in [0.15, 0.2) is 12.4 Å². The SMILES string of the molecule is CCCNc1cncc(NCCCOCC)n1. The Labute approximate surface area is 103 Å². The van der Waals surface area contributed by atoms with Crippen molar-refractivity contribution in [3.63, 3.8) is 0 Å². The Morgan fingerprint density at radius 1 is 1.12 bits per heavy atom. The Kier molecular flexibility index (Phi) is 7.06. The average Bonchev–Trinajstić information content (AvgIpc) is 2.37. The maximum atomic E-state index is 5.26. The molecule has 17 heavy (non-hydrogen) atoms. The first-order chi connectivity index (χ1) is 8.36. The molecule has 0 saturated heterocycles. The normalized spacial score (nSPS) is 10.2. The maximum Gasteiger partial charge on any atom is 0.146 e. The molecule has 0 radical (unpaired) electrons. The van der Waals surface area contributed by atoms with E-state index in [0.717, 1.165) is 50.8 Å². The van der Waals surface area contributed by atoms with Crippen molar-refractivity contribution in [1.82, 2.24) is 9.97 Å². The quantitative estimate of drug-likeness (QED) is 0.645. The largest absolute Gasteiger partial charge is 0.382 e. The van der Waals surface area contributed by atoms with Crippen LogP contribution in [0.4, 0.5) is 11.6 Å². The van der Waals surface area contributed by atoms with Crippen LogP contribution in [0.5, 0.6) is 0 Å². The van der Waals surface area contributed by atoms with E-state index >= 15 is 0 Å². The first kappa shape index (κ1) is 13.7. The molecule has 1 rings (SSSR count). The zero-order chi connectivity index (χ0) is 12.3. The minimum atomic E-state index is 0.774. The van der Waals surface area contributed by atoms with Crippen LogP contribution in [0.1, 0.15) is 26.7 Å². The van der Waals surface area contributed by atoms with Gasteiger partial charge in [-0.1, -0.05) is 6.92 Å². The lowest BCUT2D eigenvalue weighted by Gasteiger charge is -2.07. The topological polar surface area (TPSA) is 59.1 Å². The molecular formula is C12H22N4O. The molecule has 1 aromatic heterocycles. The first-order valence-corrected chi connectivity index (χ1v) is 6.24. The molecule has 0 spiro atoms. The van der Waals surface area contributed by atoms with Gasteiger partial charge in [-0.3, -0.25) is 4.98 Å². The molecular weight excluding hydrogens is 216 g/mol. The van der Waals surface area contributed by atoms with Crippen LogP contribution >= 0.6 is 0 Å². The highest BCUT2D eigenvalue weighted by molar-refractivity contribution is 5.41. The number of anilines is 2. The van der Waals surface area contributed by atoms with Gasteiger partial charge in [0, 0.05) is 26.3 Å². The average molecular weight is 238 g/mol. The zero-order valence-corrected chi connectivity index (χ0v) is 10.7. The summed E-state index contributed by atoms with van der Waals surface area (Å²) >= 11 is 0. The summed E-state index contributed by atoms with van der Waals surface area (Å²) in [5, 5.41) is 6.43. The number of ether oxygens (including phenoxy) is 1. The van der Waals surface area contributed by atoms with Gasteiger partial charge >= 0.3 is 0 Å². The van der Waals surface area contributed by atoms with Crippen molar-refractivity contribution in [2.75, 3.05) is 36.9 Å². The van der Waals surface area contributed by atoms with Crippen LogP contribution in [0, 0.1) is 0 Å². The maximum absolute atomic E-state index is 5.26. The Morgan fingerprint density at radius 3 is 2.47 bits per heavy atom. The van der Waals surface area contributed by atoms with Gasteiger partial charge in [-0.15, -0.1) is 0 Å². The van der Waals surface area contributed by atoms with Crippen LogP contribution < -0.4 is 10.6 Å². The second-order valence-electron chi connectivity index (χ2n) is 3.69. The van der Waals surface area contributed by atoms with Crippen molar-refractivity contribution in [2.45, 2.75) is 26.7 Å². The molecule has 1 aromatic rings. The number of nitrogens with zero attached hydrogens (tertiary/aromatic N) is 2. The molecule has 5 heteroatoms. The molecule has 0 saturated carbocycles. The van der Waals surface area contributed by atoms with Crippen LogP contribution in [0.3, 0.4) is 0 Å². The highest BCUT2D eigenvalue weighted by Gasteiger charge is 1.97. The highest BCUT2D eigenvalue weighted by atomic mass is 16.5. The summed E-state index contributed by atoms with van der Waals surface area (Å²) < 4.78 is 5.26. The number of hydrogen-bond donors (Lipinski definition) is 2. The summed E-state index contributed by atoms with van der Waals surface area (Å²) in [5.41, 5.74) is 0. The fraction of sp³-hybridized carbons (Fsp3) is 0.667. The molecule has 2 N–H and O–H groups in total. The second-order valence-corrected chi connectivity index (χ2v) is 3.69. The van der Waals surface area contributed by atoms with E-state index in [-0.39, 0.29) is 0 Å². The monoisotopic (exact) mass is 238 g/mol. The Balaban J connectivity index is 2.27. The first-order valence-electron chi connectivity index (χ1n) is 6.24. The lowest BCUT2D eigenvalue weighted by Crippen LogP contribution is -2.09. The van der Waals surface area contributed by atoms with Crippen LogP contribution in [0.2, 0.25) is 0 Å².